The second-order valence-corrected chi connectivity index (χ2v) is 6.58. The Morgan fingerprint density at radius 1 is 1.33 bits per heavy atom. The van der Waals surface area contributed by atoms with Gasteiger partial charge in [0.05, 0.1) is 0 Å². The molecule has 5 heteroatoms. The highest BCUT2D eigenvalue weighted by Gasteiger charge is 2.36. The molecule has 1 aliphatic rings. The van der Waals surface area contributed by atoms with Crippen molar-refractivity contribution in [2.24, 2.45) is 5.92 Å². The molecule has 24 heavy (non-hydrogen) atoms. The second-order valence-electron chi connectivity index (χ2n) is 6.58. The van der Waals surface area contributed by atoms with Gasteiger partial charge in [0, 0.05) is 31.9 Å². The summed E-state index contributed by atoms with van der Waals surface area (Å²) in [7, 11) is 0. The summed E-state index contributed by atoms with van der Waals surface area (Å²) in [6.07, 6.45) is 1.44. The van der Waals surface area contributed by atoms with E-state index in [9.17, 15) is 9.59 Å². The zero-order valence-electron chi connectivity index (χ0n) is 14.9. The number of nitrogens with zero attached hydrogens (tertiary/aromatic N) is 1. The predicted octanol–water partition coefficient (Wildman–Crippen LogP) is 2.60. The van der Waals surface area contributed by atoms with E-state index < -0.39 is 6.04 Å². The number of nitrogens with one attached hydrogen (secondary N) is 1. The van der Waals surface area contributed by atoms with E-state index in [0.29, 0.717) is 38.6 Å². The van der Waals surface area contributed by atoms with Gasteiger partial charge in [0.2, 0.25) is 5.91 Å². The molecule has 1 atom stereocenters. The summed E-state index contributed by atoms with van der Waals surface area (Å²) in [5.41, 5.74) is 1.72. The van der Waals surface area contributed by atoms with E-state index in [1.54, 1.807) is 4.90 Å². The molecule has 2 rings (SSSR count). The minimum Gasteiger partial charge on any atom is -0.382 e. The van der Waals surface area contributed by atoms with E-state index in [1.165, 1.54) is 0 Å². The van der Waals surface area contributed by atoms with Crippen LogP contribution in [0.3, 0.4) is 0 Å². The average molecular weight is 332 g/mol. The largest absolute Gasteiger partial charge is 0.382 e. The minimum absolute atomic E-state index is 0.0410. The minimum atomic E-state index is -0.419. The van der Waals surface area contributed by atoms with Crippen molar-refractivity contribution in [3.8, 4) is 0 Å². The second kappa shape index (κ2) is 8.83. The van der Waals surface area contributed by atoms with Gasteiger partial charge in [0.25, 0.3) is 5.91 Å². The van der Waals surface area contributed by atoms with E-state index in [4.69, 9.17) is 4.74 Å². The third-order valence-electron chi connectivity index (χ3n) is 4.19. The smallest absolute Gasteiger partial charge is 0.255 e. The maximum atomic E-state index is 12.7. The Morgan fingerprint density at radius 2 is 2.08 bits per heavy atom. The van der Waals surface area contributed by atoms with Crippen molar-refractivity contribution < 1.29 is 14.3 Å². The molecule has 0 fully saturated rings. The molecule has 1 aromatic carbocycles. The summed E-state index contributed by atoms with van der Waals surface area (Å²) < 4.78 is 5.28. The SMILES string of the molecule is CCOCCCNC(=O)[C@H](CC(C)C)N1Cc2ccccc2C1=O. The predicted molar refractivity (Wildman–Crippen MR) is 93.7 cm³/mol. The molecule has 0 spiro atoms. The molecule has 0 radical (unpaired) electrons. The summed E-state index contributed by atoms with van der Waals surface area (Å²) >= 11 is 0. The molecule has 0 unspecified atom stereocenters. The highest BCUT2D eigenvalue weighted by Crippen LogP contribution is 2.26. The Morgan fingerprint density at radius 3 is 2.75 bits per heavy atom. The number of amides is 2. The highest BCUT2D eigenvalue weighted by molar-refractivity contribution is 6.01. The number of hydrogen-bond donors (Lipinski definition) is 1. The normalized spacial score (nSPS) is 14.8. The molecule has 0 aliphatic carbocycles. The Hall–Kier alpha value is -1.88. The number of ether oxygens (including phenoxy) is 1. The molecule has 5 nitrogen and oxygen atoms in total. The summed E-state index contributed by atoms with van der Waals surface area (Å²) in [4.78, 5) is 27.0. The van der Waals surface area contributed by atoms with Crippen LogP contribution in [0.1, 0.15) is 49.5 Å². The van der Waals surface area contributed by atoms with Gasteiger partial charge < -0.3 is 15.0 Å². The first-order valence-electron chi connectivity index (χ1n) is 8.79. The van der Waals surface area contributed by atoms with Crippen LogP contribution in [-0.2, 0) is 16.1 Å². The van der Waals surface area contributed by atoms with Crippen LogP contribution < -0.4 is 5.32 Å². The molecule has 132 valence electrons. The van der Waals surface area contributed by atoms with Crippen molar-refractivity contribution in [1.29, 1.82) is 0 Å². The van der Waals surface area contributed by atoms with Crippen molar-refractivity contribution >= 4 is 11.8 Å². The monoisotopic (exact) mass is 332 g/mol. The zero-order valence-corrected chi connectivity index (χ0v) is 14.9. The standard InChI is InChI=1S/C19H28N2O3/c1-4-24-11-7-10-20-18(22)17(12-14(2)3)21-13-15-8-5-6-9-16(15)19(21)23/h5-6,8-9,14,17H,4,7,10-13H2,1-3H3,(H,20,22)/t17-/m0/s1. The van der Waals surface area contributed by atoms with Gasteiger partial charge in [-0.1, -0.05) is 32.0 Å². The van der Waals surface area contributed by atoms with Gasteiger partial charge in [-0.3, -0.25) is 9.59 Å². The van der Waals surface area contributed by atoms with E-state index in [0.717, 1.165) is 17.5 Å². The average Bonchev–Trinajstić information content (AvgIpc) is 2.89. The van der Waals surface area contributed by atoms with Crippen molar-refractivity contribution in [2.75, 3.05) is 19.8 Å². The fourth-order valence-electron chi connectivity index (χ4n) is 3.00. The van der Waals surface area contributed by atoms with Gasteiger partial charge >= 0.3 is 0 Å². The maximum absolute atomic E-state index is 12.7. The Balaban J connectivity index is 2.01. The van der Waals surface area contributed by atoms with Gasteiger partial charge in [-0.05, 0) is 37.3 Å². The lowest BCUT2D eigenvalue weighted by atomic mass is 10.0. The van der Waals surface area contributed by atoms with E-state index in [-0.39, 0.29) is 11.8 Å². The van der Waals surface area contributed by atoms with E-state index in [2.05, 4.69) is 19.2 Å². The molecule has 0 saturated heterocycles. The van der Waals surface area contributed by atoms with Crippen LogP contribution in [0.2, 0.25) is 0 Å². The Bertz CT molecular complexity index is 571. The summed E-state index contributed by atoms with van der Waals surface area (Å²) in [5, 5.41) is 2.96. The molecule has 0 aromatic heterocycles. The van der Waals surface area contributed by atoms with E-state index in [1.807, 2.05) is 31.2 Å². The van der Waals surface area contributed by atoms with Gasteiger partial charge in [-0.2, -0.15) is 0 Å². The van der Waals surface area contributed by atoms with Crippen LogP contribution in [-0.4, -0.2) is 42.5 Å². The van der Waals surface area contributed by atoms with Gasteiger partial charge in [-0.15, -0.1) is 0 Å². The Kier molecular flexibility index (Phi) is 6.79. The maximum Gasteiger partial charge on any atom is 0.255 e. The third-order valence-corrected chi connectivity index (χ3v) is 4.19. The van der Waals surface area contributed by atoms with Crippen molar-refractivity contribution in [2.45, 2.75) is 46.2 Å². The molecule has 1 aromatic rings. The fraction of sp³-hybridized carbons (Fsp3) is 0.579. The number of hydrogen-bond acceptors (Lipinski definition) is 3. The van der Waals surface area contributed by atoms with Crippen LogP contribution >= 0.6 is 0 Å². The van der Waals surface area contributed by atoms with Crippen LogP contribution in [0.4, 0.5) is 0 Å². The molecule has 1 heterocycles. The molecule has 1 N–H and O–H groups in total. The molecule has 0 bridgehead atoms. The highest BCUT2D eigenvalue weighted by atomic mass is 16.5. The van der Waals surface area contributed by atoms with Crippen molar-refractivity contribution in [1.82, 2.24) is 10.2 Å². The number of benzene rings is 1. The fourth-order valence-corrected chi connectivity index (χ4v) is 3.00. The number of fused-ring (bicyclic) bond motifs is 1. The van der Waals surface area contributed by atoms with Gasteiger partial charge in [0.1, 0.15) is 6.04 Å². The van der Waals surface area contributed by atoms with Crippen molar-refractivity contribution in [3.05, 3.63) is 35.4 Å². The van der Waals surface area contributed by atoms with Crippen LogP contribution in [0.15, 0.2) is 24.3 Å². The quantitative estimate of drug-likeness (QED) is 0.707. The van der Waals surface area contributed by atoms with E-state index >= 15 is 0 Å². The van der Waals surface area contributed by atoms with Gasteiger partial charge in [0.15, 0.2) is 0 Å². The topological polar surface area (TPSA) is 58.6 Å². The zero-order chi connectivity index (χ0) is 17.5. The number of carbonyl (C=O) groups excluding carboxylic acids is 2. The number of carbonyl (C=O) groups is 2. The Labute approximate surface area is 144 Å². The first-order chi connectivity index (χ1) is 11.5. The molecular weight excluding hydrogens is 304 g/mol. The first-order valence-corrected chi connectivity index (χ1v) is 8.79. The lowest BCUT2D eigenvalue weighted by Gasteiger charge is -2.28. The van der Waals surface area contributed by atoms with Gasteiger partial charge in [-0.25, -0.2) is 0 Å². The first kappa shape index (κ1) is 18.5. The summed E-state index contributed by atoms with van der Waals surface area (Å²) in [5.74, 6) is 0.225. The molecule has 2 amide bonds. The molecule has 1 aliphatic heterocycles. The molecular formula is C19H28N2O3. The van der Waals surface area contributed by atoms with Crippen LogP contribution in [0.25, 0.3) is 0 Å². The van der Waals surface area contributed by atoms with Crippen molar-refractivity contribution in [3.63, 3.8) is 0 Å². The molecule has 0 saturated carbocycles. The lowest BCUT2D eigenvalue weighted by Crippen LogP contribution is -2.48. The summed E-state index contributed by atoms with van der Waals surface area (Å²) in [6.45, 7) is 8.51. The summed E-state index contributed by atoms with van der Waals surface area (Å²) in [6, 6.07) is 7.17. The lowest BCUT2D eigenvalue weighted by molar-refractivity contribution is -0.126. The van der Waals surface area contributed by atoms with Crippen LogP contribution in [0, 0.1) is 5.92 Å². The third kappa shape index (κ3) is 4.57. The number of rotatable bonds is 9. The van der Waals surface area contributed by atoms with Crippen LogP contribution in [0.5, 0.6) is 0 Å².